The van der Waals surface area contributed by atoms with E-state index in [1.165, 1.54) is 17.8 Å². The third-order valence-corrected chi connectivity index (χ3v) is 6.28. The molecule has 7 heteroatoms. The molecular weight excluding hydrogens is 427 g/mol. The molecule has 0 fully saturated rings. The fraction of sp³-hybridized carbons (Fsp3) is 0.440. The van der Waals surface area contributed by atoms with Gasteiger partial charge in [0.1, 0.15) is 17.6 Å². The van der Waals surface area contributed by atoms with Gasteiger partial charge in [0.25, 0.3) is 0 Å². The highest BCUT2D eigenvalue weighted by Gasteiger charge is 2.29. The number of nitrogens with zero attached hydrogens (tertiary/aromatic N) is 1. The molecule has 32 heavy (non-hydrogen) atoms. The maximum atomic E-state index is 13.9. The van der Waals surface area contributed by atoms with E-state index in [1.54, 1.807) is 30.2 Å². The van der Waals surface area contributed by atoms with E-state index in [0.717, 1.165) is 12.0 Å². The Kier molecular flexibility index (Phi) is 10.5. The number of amides is 2. The number of carbonyl (C=O) groups is 2. The molecule has 0 radical (unpaired) electrons. The highest BCUT2D eigenvalue weighted by molar-refractivity contribution is 7.99. The molecule has 0 saturated heterocycles. The van der Waals surface area contributed by atoms with Crippen molar-refractivity contribution in [2.45, 2.75) is 58.0 Å². The van der Waals surface area contributed by atoms with Gasteiger partial charge in [-0.1, -0.05) is 44.2 Å². The summed E-state index contributed by atoms with van der Waals surface area (Å²) in [6.45, 7) is 6.15. The average Bonchev–Trinajstić information content (AvgIpc) is 2.80. The third kappa shape index (κ3) is 7.55. The normalized spacial score (nSPS) is 12.7. The fourth-order valence-electron chi connectivity index (χ4n) is 3.27. The number of carbonyl (C=O) groups excluding carboxylic acids is 2. The van der Waals surface area contributed by atoms with Crippen LogP contribution in [0.1, 0.15) is 44.7 Å². The number of methoxy groups -OCH3 is 1. The Bertz CT molecular complexity index is 893. The molecule has 174 valence electrons. The number of rotatable bonds is 12. The molecule has 0 unspecified atom stereocenters. The number of thioether (sulfide) groups is 1. The predicted molar refractivity (Wildman–Crippen MR) is 128 cm³/mol. The molecule has 0 bridgehead atoms. The van der Waals surface area contributed by atoms with Gasteiger partial charge in [-0.2, -0.15) is 0 Å². The molecule has 0 aromatic heterocycles. The van der Waals surface area contributed by atoms with Gasteiger partial charge in [-0.3, -0.25) is 9.59 Å². The smallest absolute Gasteiger partial charge is 0.243 e. The summed E-state index contributed by atoms with van der Waals surface area (Å²) in [5.74, 6) is 0.658. The molecule has 0 heterocycles. The van der Waals surface area contributed by atoms with Crippen molar-refractivity contribution >= 4 is 23.6 Å². The van der Waals surface area contributed by atoms with E-state index in [4.69, 9.17) is 4.74 Å². The number of hydrogen-bond acceptors (Lipinski definition) is 4. The van der Waals surface area contributed by atoms with Crippen molar-refractivity contribution in [1.82, 2.24) is 10.2 Å². The Morgan fingerprint density at radius 3 is 2.53 bits per heavy atom. The summed E-state index contributed by atoms with van der Waals surface area (Å²) < 4.78 is 19.2. The SMILES string of the molecule is CC[C@H](C(=O)N[C@@H](C)CC)N(Cc1cccc(OC)c1)C(=O)CSCc1ccccc1F. The summed E-state index contributed by atoms with van der Waals surface area (Å²) in [4.78, 5) is 27.8. The number of benzene rings is 2. The molecule has 0 aliphatic rings. The molecule has 2 amide bonds. The van der Waals surface area contributed by atoms with Gasteiger partial charge >= 0.3 is 0 Å². The molecule has 0 spiro atoms. The Balaban J connectivity index is 2.17. The van der Waals surface area contributed by atoms with Gasteiger partial charge in [-0.25, -0.2) is 4.39 Å². The molecule has 1 N–H and O–H groups in total. The van der Waals surface area contributed by atoms with E-state index in [2.05, 4.69) is 5.32 Å². The third-order valence-electron chi connectivity index (χ3n) is 5.31. The number of hydrogen-bond donors (Lipinski definition) is 1. The molecule has 0 aliphatic carbocycles. The first kappa shape index (κ1) is 25.7. The van der Waals surface area contributed by atoms with Gasteiger partial charge in [-0.15, -0.1) is 11.8 Å². The van der Waals surface area contributed by atoms with Gasteiger partial charge in [0, 0.05) is 18.3 Å². The summed E-state index contributed by atoms with van der Waals surface area (Å²) in [7, 11) is 1.59. The monoisotopic (exact) mass is 460 g/mol. The van der Waals surface area contributed by atoms with Crippen LogP contribution in [-0.2, 0) is 21.9 Å². The minimum Gasteiger partial charge on any atom is -0.497 e. The molecule has 2 rings (SSSR count). The molecule has 0 aliphatic heterocycles. The van der Waals surface area contributed by atoms with Crippen molar-refractivity contribution in [2.75, 3.05) is 12.9 Å². The zero-order valence-corrected chi connectivity index (χ0v) is 20.1. The average molecular weight is 461 g/mol. The molecule has 2 aromatic carbocycles. The Morgan fingerprint density at radius 1 is 1.12 bits per heavy atom. The van der Waals surface area contributed by atoms with Crippen LogP contribution in [0.25, 0.3) is 0 Å². The Morgan fingerprint density at radius 2 is 1.88 bits per heavy atom. The van der Waals surface area contributed by atoms with E-state index in [0.29, 0.717) is 30.0 Å². The Hall–Kier alpha value is -2.54. The second kappa shape index (κ2) is 13.1. The second-order valence-corrected chi connectivity index (χ2v) is 8.68. The van der Waals surface area contributed by atoms with E-state index < -0.39 is 6.04 Å². The quantitative estimate of drug-likeness (QED) is 0.495. The van der Waals surface area contributed by atoms with Crippen molar-refractivity contribution < 1.29 is 18.7 Å². The van der Waals surface area contributed by atoms with Crippen LogP contribution in [0.2, 0.25) is 0 Å². The van der Waals surface area contributed by atoms with Gasteiger partial charge in [-0.05, 0) is 49.1 Å². The van der Waals surface area contributed by atoms with E-state index in [9.17, 15) is 14.0 Å². The van der Waals surface area contributed by atoms with Crippen LogP contribution in [0.4, 0.5) is 4.39 Å². The molecule has 2 aromatic rings. The summed E-state index contributed by atoms with van der Waals surface area (Å²) in [6.07, 6.45) is 1.31. The van der Waals surface area contributed by atoms with Crippen molar-refractivity contribution in [1.29, 1.82) is 0 Å². The lowest BCUT2D eigenvalue weighted by Gasteiger charge is -2.31. The van der Waals surface area contributed by atoms with Crippen LogP contribution >= 0.6 is 11.8 Å². The van der Waals surface area contributed by atoms with Crippen molar-refractivity contribution in [3.8, 4) is 5.75 Å². The summed E-state index contributed by atoms with van der Waals surface area (Å²) >= 11 is 1.35. The molecule has 0 saturated carbocycles. The standard InChI is InChI=1S/C25H33FN2O3S/c1-5-18(3)27-25(30)23(6-2)28(15-19-10-9-12-21(14-19)31-4)24(29)17-32-16-20-11-7-8-13-22(20)26/h7-14,18,23H,5-6,15-17H2,1-4H3,(H,27,30)/t18-,23+/m0/s1. The molecular formula is C25H33FN2O3S. The van der Waals surface area contributed by atoms with Crippen LogP contribution < -0.4 is 10.1 Å². The van der Waals surface area contributed by atoms with Crippen LogP contribution in [0.3, 0.4) is 0 Å². The minimum absolute atomic E-state index is 0.0285. The van der Waals surface area contributed by atoms with Gasteiger partial charge in [0.05, 0.1) is 12.9 Å². The second-order valence-electron chi connectivity index (χ2n) is 7.70. The largest absolute Gasteiger partial charge is 0.497 e. The topological polar surface area (TPSA) is 58.6 Å². The van der Waals surface area contributed by atoms with Gasteiger partial charge in [0.2, 0.25) is 11.8 Å². The molecule has 5 nitrogen and oxygen atoms in total. The first-order valence-electron chi connectivity index (χ1n) is 10.9. The van der Waals surface area contributed by atoms with Crippen LogP contribution in [-0.4, -0.2) is 41.7 Å². The number of ether oxygens (including phenoxy) is 1. The highest BCUT2D eigenvalue weighted by atomic mass is 32.2. The Labute approximate surface area is 194 Å². The van der Waals surface area contributed by atoms with Gasteiger partial charge < -0.3 is 15.0 Å². The zero-order chi connectivity index (χ0) is 23.5. The summed E-state index contributed by atoms with van der Waals surface area (Å²) in [5.41, 5.74) is 1.44. The van der Waals surface area contributed by atoms with Crippen molar-refractivity contribution in [2.24, 2.45) is 0 Å². The van der Waals surface area contributed by atoms with E-state index in [1.807, 2.05) is 45.0 Å². The van der Waals surface area contributed by atoms with Gasteiger partial charge in [0.15, 0.2) is 0 Å². The van der Waals surface area contributed by atoms with Crippen LogP contribution in [0, 0.1) is 5.82 Å². The lowest BCUT2D eigenvalue weighted by molar-refractivity contribution is -0.139. The molecule has 2 atom stereocenters. The maximum Gasteiger partial charge on any atom is 0.243 e. The predicted octanol–water partition coefficient (Wildman–Crippen LogP) is 4.79. The highest BCUT2D eigenvalue weighted by Crippen LogP contribution is 2.20. The first-order chi connectivity index (χ1) is 15.4. The first-order valence-corrected chi connectivity index (χ1v) is 12.1. The lowest BCUT2D eigenvalue weighted by atomic mass is 10.1. The van der Waals surface area contributed by atoms with Crippen molar-refractivity contribution in [3.05, 3.63) is 65.5 Å². The zero-order valence-electron chi connectivity index (χ0n) is 19.3. The van der Waals surface area contributed by atoms with Crippen LogP contribution in [0.5, 0.6) is 5.75 Å². The maximum absolute atomic E-state index is 13.9. The minimum atomic E-state index is -0.586. The van der Waals surface area contributed by atoms with Crippen LogP contribution in [0.15, 0.2) is 48.5 Å². The summed E-state index contributed by atoms with van der Waals surface area (Å²) in [5, 5.41) is 3.00. The van der Waals surface area contributed by atoms with E-state index >= 15 is 0 Å². The fourth-order valence-corrected chi connectivity index (χ4v) is 4.17. The van der Waals surface area contributed by atoms with Crippen molar-refractivity contribution in [3.63, 3.8) is 0 Å². The number of nitrogens with one attached hydrogen (secondary N) is 1. The summed E-state index contributed by atoms with van der Waals surface area (Å²) in [6, 6.07) is 13.5. The lowest BCUT2D eigenvalue weighted by Crippen LogP contribution is -2.51. The van der Waals surface area contributed by atoms with E-state index in [-0.39, 0.29) is 29.4 Å². The number of halogens is 1.